The van der Waals surface area contributed by atoms with Crippen molar-refractivity contribution in [2.45, 2.75) is 146 Å². The fourth-order valence-corrected chi connectivity index (χ4v) is 7.90. The monoisotopic (exact) mass is 614 g/mol. The van der Waals surface area contributed by atoms with Crippen molar-refractivity contribution >= 4 is 6.21 Å². The van der Waals surface area contributed by atoms with E-state index in [4.69, 9.17) is 9.73 Å². The molecule has 6 atom stereocenters. The van der Waals surface area contributed by atoms with Crippen LogP contribution in [0.4, 0.5) is 0 Å². The van der Waals surface area contributed by atoms with Gasteiger partial charge in [0.05, 0.1) is 0 Å². The largest absolute Gasteiger partial charge is 0.488 e. The highest BCUT2D eigenvalue weighted by atomic mass is 16.5. The Kier molecular flexibility index (Phi) is 12.0. The van der Waals surface area contributed by atoms with Gasteiger partial charge in [-0.25, -0.2) is 0 Å². The van der Waals surface area contributed by atoms with E-state index in [9.17, 15) is 0 Å². The molecule has 0 amide bonds. The van der Waals surface area contributed by atoms with Crippen LogP contribution in [-0.2, 0) is 5.41 Å². The third-order valence-electron chi connectivity index (χ3n) is 10.6. The van der Waals surface area contributed by atoms with Crippen molar-refractivity contribution in [3.05, 3.63) is 76.0 Å². The molecule has 2 aliphatic rings. The first-order valence-corrected chi connectivity index (χ1v) is 18.0. The van der Waals surface area contributed by atoms with Crippen LogP contribution in [0.5, 0.6) is 5.75 Å². The van der Waals surface area contributed by atoms with Gasteiger partial charge in [-0.3, -0.25) is 4.99 Å². The summed E-state index contributed by atoms with van der Waals surface area (Å²) >= 11 is 0. The van der Waals surface area contributed by atoms with Crippen LogP contribution in [-0.4, -0.2) is 11.8 Å². The minimum atomic E-state index is -0.212. The molecule has 0 saturated heterocycles. The van der Waals surface area contributed by atoms with Crippen molar-refractivity contribution < 1.29 is 4.74 Å². The molecule has 1 saturated carbocycles. The number of aliphatic imine (C=N–C) groups is 1. The van der Waals surface area contributed by atoms with Crippen LogP contribution in [0, 0.1) is 48.9 Å². The van der Waals surface area contributed by atoms with E-state index in [-0.39, 0.29) is 16.4 Å². The van der Waals surface area contributed by atoms with Gasteiger partial charge in [-0.1, -0.05) is 106 Å². The number of hydrogen-bond donors (Lipinski definition) is 0. The molecule has 2 aromatic rings. The zero-order chi connectivity index (χ0) is 33.9. The summed E-state index contributed by atoms with van der Waals surface area (Å²) in [6.45, 7) is 34.2. The molecule has 1 aliphatic carbocycles. The quantitative estimate of drug-likeness (QED) is 0.304. The highest BCUT2D eigenvalue weighted by molar-refractivity contribution is 5.65. The first-order chi connectivity index (χ1) is 20.8. The second-order valence-electron chi connectivity index (χ2n) is 17.0. The van der Waals surface area contributed by atoms with Gasteiger partial charge >= 0.3 is 0 Å². The van der Waals surface area contributed by atoms with E-state index in [0.29, 0.717) is 29.6 Å². The number of allylic oxidation sites excluding steroid dienone is 2. The number of aryl methyl sites for hydroxylation is 2. The average Bonchev–Trinajstić information content (AvgIpc) is 2.92. The summed E-state index contributed by atoms with van der Waals surface area (Å²) in [5, 5.41) is 0. The van der Waals surface area contributed by atoms with Crippen molar-refractivity contribution in [2.24, 2.45) is 40.0 Å². The Hall–Kier alpha value is -2.35. The predicted molar refractivity (Wildman–Crippen MR) is 198 cm³/mol. The summed E-state index contributed by atoms with van der Waals surface area (Å²) in [6.07, 6.45) is 9.17. The van der Waals surface area contributed by atoms with Crippen molar-refractivity contribution in [3.63, 3.8) is 0 Å². The van der Waals surface area contributed by atoms with Crippen molar-refractivity contribution in [1.29, 1.82) is 0 Å². The maximum absolute atomic E-state index is 6.33. The maximum Gasteiger partial charge on any atom is 0.123 e. The summed E-state index contributed by atoms with van der Waals surface area (Å²) < 4.78 is 6.33. The van der Waals surface area contributed by atoms with Gasteiger partial charge in [-0.05, 0) is 123 Å². The third kappa shape index (κ3) is 8.72. The minimum absolute atomic E-state index is 0.0312. The van der Waals surface area contributed by atoms with Crippen LogP contribution in [0.25, 0.3) is 0 Å². The third-order valence-corrected chi connectivity index (χ3v) is 10.6. The zero-order valence-corrected chi connectivity index (χ0v) is 31.8. The fourth-order valence-electron chi connectivity index (χ4n) is 7.90. The van der Waals surface area contributed by atoms with Crippen LogP contribution in [0.3, 0.4) is 0 Å². The number of hydrogen-bond acceptors (Lipinski definition) is 2. The molecule has 2 nitrogen and oxygen atoms in total. The van der Waals surface area contributed by atoms with Crippen LogP contribution in [0.15, 0.2) is 53.2 Å². The molecule has 0 bridgehead atoms. The van der Waals surface area contributed by atoms with E-state index < -0.39 is 0 Å². The molecule has 1 heterocycles. The first-order valence-electron chi connectivity index (χ1n) is 18.0. The van der Waals surface area contributed by atoms with Crippen molar-refractivity contribution in [3.8, 4) is 5.75 Å². The van der Waals surface area contributed by atoms with Gasteiger partial charge in [0.1, 0.15) is 11.4 Å². The minimum Gasteiger partial charge on any atom is -0.488 e. The molecule has 1 fully saturated rings. The van der Waals surface area contributed by atoms with E-state index in [0.717, 1.165) is 37.4 Å². The van der Waals surface area contributed by atoms with Gasteiger partial charge in [0.15, 0.2) is 0 Å². The fraction of sp³-hybridized carbons (Fsp3) is 0.651. The van der Waals surface area contributed by atoms with E-state index in [2.05, 4.69) is 153 Å². The molecule has 4 rings (SSSR count). The molecule has 0 spiro atoms. The van der Waals surface area contributed by atoms with E-state index in [1.807, 2.05) is 0 Å². The molecule has 0 radical (unpaired) electrons. The predicted octanol–water partition coefficient (Wildman–Crippen LogP) is 12.6. The molecule has 6 unspecified atom stereocenters. The van der Waals surface area contributed by atoms with Gasteiger partial charge in [-0.15, -0.1) is 0 Å². The van der Waals surface area contributed by atoms with Crippen LogP contribution < -0.4 is 4.74 Å². The maximum atomic E-state index is 6.33. The Morgan fingerprint density at radius 3 is 1.96 bits per heavy atom. The highest BCUT2D eigenvalue weighted by Gasteiger charge is 2.49. The number of ether oxygens (including phenoxy) is 1. The molecular weight excluding hydrogens is 546 g/mol. The highest BCUT2D eigenvalue weighted by Crippen LogP contribution is 2.56. The Labute approximate surface area is 278 Å². The van der Waals surface area contributed by atoms with Gasteiger partial charge in [0, 0.05) is 29.2 Å². The van der Waals surface area contributed by atoms with Crippen molar-refractivity contribution in [2.75, 3.05) is 0 Å². The lowest BCUT2D eigenvalue weighted by Gasteiger charge is -2.52. The summed E-state index contributed by atoms with van der Waals surface area (Å²) in [5.74, 6) is 4.58. The van der Waals surface area contributed by atoms with E-state index in [1.54, 1.807) is 0 Å². The van der Waals surface area contributed by atoms with Crippen LogP contribution in [0.1, 0.15) is 149 Å². The number of benzene rings is 2. The SMILES string of the molecule is CC(C)C.CCC(C1=CC(C)C(CC)C=N1)c1ccc(C2(c3ccc(OC(C)(C)C)c(C)c3)CC(C)C(C)C(C)(C)C2)cc1C. The second kappa shape index (κ2) is 14.6. The van der Waals surface area contributed by atoms with Gasteiger partial charge < -0.3 is 4.74 Å². The zero-order valence-electron chi connectivity index (χ0n) is 31.8. The van der Waals surface area contributed by atoms with Crippen LogP contribution >= 0.6 is 0 Å². The average molecular weight is 614 g/mol. The van der Waals surface area contributed by atoms with Gasteiger partial charge in [-0.2, -0.15) is 0 Å². The second-order valence-corrected chi connectivity index (χ2v) is 17.0. The summed E-state index contributed by atoms with van der Waals surface area (Å²) in [6, 6.07) is 14.4. The molecule has 2 heteroatoms. The Morgan fingerprint density at radius 2 is 1.49 bits per heavy atom. The Balaban J connectivity index is 0.00000130. The Bertz CT molecular complexity index is 1340. The summed E-state index contributed by atoms with van der Waals surface area (Å²) in [7, 11) is 0. The first kappa shape index (κ1) is 37.1. The number of nitrogens with zero attached hydrogens (tertiary/aromatic N) is 1. The lowest BCUT2D eigenvalue weighted by Crippen LogP contribution is -2.45. The standard InChI is InChI=1S/C39H57NO.C4H10/c1-13-30-23-40-35(21-25(30)3)33(14-2)34-17-15-31(19-26(34)4)39(22-28(6)29(7)38(11,12)24-39)32-16-18-36(27(5)20-32)41-37(8,9)10;1-4(2)3/h15-21,23,25,28-30,33H,13-14,22,24H2,1-12H3;4H,1-3H3. The topological polar surface area (TPSA) is 21.6 Å². The van der Waals surface area contributed by atoms with Gasteiger partial charge in [0.25, 0.3) is 0 Å². The molecule has 45 heavy (non-hydrogen) atoms. The van der Waals surface area contributed by atoms with E-state index in [1.165, 1.54) is 33.5 Å². The smallest absolute Gasteiger partial charge is 0.123 e. The molecule has 250 valence electrons. The molecule has 1 aliphatic heterocycles. The lowest BCUT2D eigenvalue weighted by molar-refractivity contribution is 0.0530. The summed E-state index contributed by atoms with van der Waals surface area (Å²) in [4.78, 5) is 5.00. The lowest BCUT2D eigenvalue weighted by atomic mass is 9.51. The summed E-state index contributed by atoms with van der Waals surface area (Å²) in [5.41, 5.74) is 8.18. The normalized spacial score (nSPS) is 27.0. The Morgan fingerprint density at radius 1 is 0.911 bits per heavy atom. The van der Waals surface area contributed by atoms with Crippen molar-refractivity contribution in [1.82, 2.24) is 0 Å². The van der Waals surface area contributed by atoms with Crippen LogP contribution in [0.2, 0.25) is 0 Å². The number of rotatable bonds is 7. The molecule has 0 aromatic heterocycles. The molecule has 0 N–H and O–H groups in total. The van der Waals surface area contributed by atoms with E-state index >= 15 is 0 Å². The molecular formula is C43H67NO. The van der Waals surface area contributed by atoms with Gasteiger partial charge in [0.2, 0.25) is 0 Å². The molecule has 2 aromatic carbocycles.